The molecule has 130 valence electrons. The molecular weight excluding hydrogens is 392 g/mol. The van der Waals surface area contributed by atoms with Gasteiger partial charge in [0.1, 0.15) is 17.2 Å². The summed E-state index contributed by atoms with van der Waals surface area (Å²) < 4.78 is 13.0. The lowest BCUT2D eigenvalue weighted by Crippen LogP contribution is -2.33. The van der Waals surface area contributed by atoms with Crippen LogP contribution >= 0.6 is 15.9 Å². The number of nitrogens with zero attached hydrogens (tertiary/aromatic N) is 2. The smallest absolute Gasteiger partial charge is 0.213 e. The van der Waals surface area contributed by atoms with E-state index in [1.54, 1.807) is 6.26 Å². The molecule has 0 N–H and O–H groups in total. The fraction of sp³-hybridized carbons (Fsp3) is 0.190. The normalized spacial score (nSPS) is 21.0. The quantitative estimate of drug-likeness (QED) is 0.554. The van der Waals surface area contributed by atoms with Crippen LogP contribution in [0.5, 0.6) is 5.75 Å². The highest BCUT2D eigenvalue weighted by atomic mass is 79.9. The van der Waals surface area contributed by atoms with Gasteiger partial charge in [0.05, 0.1) is 12.3 Å². The maximum Gasteiger partial charge on any atom is 0.213 e. The van der Waals surface area contributed by atoms with Crippen LogP contribution in [0.2, 0.25) is 0 Å². The molecule has 0 spiro atoms. The third-order valence-corrected chi connectivity index (χ3v) is 5.41. The van der Waals surface area contributed by atoms with E-state index in [0.29, 0.717) is 0 Å². The van der Waals surface area contributed by atoms with Gasteiger partial charge in [-0.25, -0.2) is 5.01 Å². The fourth-order valence-electron chi connectivity index (χ4n) is 3.60. The van der Waals surface area contributed by atoms with Gasteiger partial charge < -0.3 is 9.15 Å². The molecule has 3 heterocycles. The van der Waals surface area contributed by atoms with Crippen LogP contribution in [-0.2, 0) is 0 Å². The molecule has 2 atom stereocenters. The summed E-state index contributed by atoms with van der Waals surface area (Å²) in [6, 6.07) is 18.6. The molecule has 5 heteroatoms. The van der Waals surface area contributed by atoms with Crippen molar-refractivity contribution in [1.82, 2.24) is 5.01 Å². The molecule has 0 amide bonds. The van der Waals surface area contributed by atoms with Crippen molar-refractivity contribution in [3.63, 3.8) is 0 Å². The molecule has 0 saturated heterocycles. The van der Waals surface area contributed by atoms with Gasteiger partial charge in [-0.15, -0.1) is 0 Å². The third kappa shape index (κ3) is 2.54. The number of fused-ring (bicyclic) bond motifs is 3. The van der Waals surface area contributed by atoms with Crippen LogP contribution in [0.4, 0.5) is 0 Å². The first-order valence-corrected chi connectivity index (χ1v) is 9.41. The summed E-state index contributed by atoms with van der Waals surface area (Å²) >= 11 is 3.58. The Labute approximate surface area is 160 Å². The van der Waals surface area contributed by atoms with Gasteiger partial charge >= 0.3 is 0 Å². The molecule has 0 unspecified atom stereocenters. The molecule has 2 aromatic carbocycles. The summed E-state index contributed by atoms with van der Waals surface area (Å²) in [5.41, 5.74) is 4.42. The van der Waals surface area contributed by atoms with Gasteiger partial charge in [-0.2, -0.15) is 5.10 Å². The molecule has 3 aromatic rings. The summed E-state index contributed by atoms with van der Waals surface area (Å²) in [5, 5.41) is 6.94. The van der Waals surface area contributed by atoms with Crippen molar-refractivity contribution in [2.45, 2.75) is 25.6 Å². The van der Waals surface area contributed by atoms with E-state index in [1.165, 1.54) is 5.56 Å². The summed E-state index contributed by atoms with van der Waals surface area (Å²) in [7, 11) is 0. The minimum atomic E-state index is -0.248. The Hall–Kier alpha value is -2.53. The van der Waals surface area contributed by atoms with Crippen LogP contribution < -0.4 is 4.74 Å². The van der Waals surface area contributed by atoms with Gasteiger partial charge in [0.15, 0.2) is 0 Å². The molecule has 1 aromatic heterocycles. The second-order valence-corrected chi connectivity index (χ2v) is 7.60. The molecule has 26 heavy (non-hydrogen) atoms. The largest absolute Gasteiger partial charge is 0.464 e. The predicted octanol–water partition coefficient (Wildman–Crippen LogP) is 5.59. The second kappa shape index (κ2) is 6.02. The lowest BCUT2D eigenvalue weighted by atomic mass is 9.97. The number of hydrogen-bond acceptors (Lipinski definition) is 4. The average Bonchev–Trinajstić information content (AvgIpc) is 3.32. The van der Waals surface area contributed by atoms with Crippen LogP contribution in [0.25, 0.3) is 0 Å². The third-order valence-electron chi connectivity index (χ3n) is 4.92. The Morgan fingerprint density at radius 1 is 1.12 bits per heavy atom. The number of benzene rings is 2. The first-order chi connectivity index (χ1) is 12.7. The number of rotatable bonds is 2. The maximum absolute atomic E-state index is 6.36. The molecule has 5 rings (SSSR count). The van der Waals surface area contributed by atoms with E-state index in [9.17, 15) is 0 Å². The van der Waals surface area contributed by atoms with E-state index < -0.39 is 0 Å². The van der Waals surface area contributed by atoms with Crippen molar-refractivity contribution in [2.24, 2.45) is 5.10 Å². The zero-order chi connectivity index (χ0) is 17.7. The Morgan fingerprint density at radius 2 is 1.96 bits per heavy atom. The van der Waals surface area contributed by atoms with Crippen LogP contribution in [0.15, 0.2) is 74.9 Å². The summed E-state index contributed by atoms with van der Waals surface area (Å²) in [4.78, 5) is 0. The number of hydrazone groups is 1. The highest BCUT2D eigenvalue weighted by Crippen LogP contribution is 2.48. The van der Waals surface area contributed by atoms with Gasteiger partial charge in [0, 0.05) is 22.0 Å². The molecule has 0 fully saturated rings. The number of ether oxygens (including phenoxy) is 1. The van der Waals surface area contributed by atoms with E-state index in [0.717, 1.165) is 39.2 Å². The second-order valence-electron chi connectivity index (χ2n) is 6.69. The summed E-state index contributed by atoms with van der Waals surface area (Å²) in [5.74, 6) is 1.73. The Balaban J connectivity index is 1.61. The highest BCUT2D eigenvalue weighted by Gasteiger charge is 2.41. The van der Waals surface area contributed by atoms with Crippen LogP contribution in [0.3, 0.4) is 0 Å². The van der Waals surface area contributed by atoms with Crippen LogP contribution in [-0.4, -0.2) is 10.7 Å². The number of aryl methyl sites for hydroxylation is 1. The zero-order valence-electron chi connectivity index (χ0n) is 14.2. The van der Waals surface area contributed by atoms with Crippen molar-refractivity contribution in [3.8, 4) is 5.75 Å². The van der Waals surface area contributed by atoms with Gasteiger partial charge in [-0.05, 0) is 37.3 Å². The molecular formula is C21H17BrN2O2. The molecule has 2 aliphatic rings. The number of hydrogen-bond donors (Lipinski definition) is 0. The van der Waals surface area contributed by atoms with Crippen molar-refractivity contribution in [1.29, 1.82) is 0 Å². The molecule has 0 radical (unpaired) electrons. The Kier molecular flexibility index (Phi) is 3.64. The van der Waals surface area contributed by atoms with Gasteiger partial charge in [-0.1, -0.05) is 45.8 Å². The maximum atomic E-state index is 6.36. The standard InChI is InChI=1S/C21H17BrN2O2/c1-13-4-6-14(7-5-13)21-24-18(12-17(23-24)20-3-2-10-25-20)16-11-15(22)8-9-19(16)26-21/h2-11,18,21H,12H2,1H3/t18-,21+/m0/s1. The predicted molar refractivity (Wildman–Crippen MR) is 103 cm³/mol. The minimum Gasteiger partial charge on any atom is -0.464 e. The lowest BCUT2D eigenvalue weighted by Gasteiger charge is -2.38. The number of halogens is 1. The summed E-state index contributed by atoms with van der Waals surface area (Å²) in [6.07, 6.45) is 2.23. The average molecular weight is 409 g/mol. The van der Waals surface area contributed by atoms with Crippen molar-refractivity contribution in [3.05, 3.63) is 87.8 Å². The van der Waals surface area contributed by atoms with Gasteiger partial charge in [0.25, 0.3) is 0 Å². The fourth-order valence-corrected chi connectivity index (χ4v) is 3.98. The molecule has 0 bridgehead atoms. The van der Waals surface area contributed by atoms with Crippen molar-refractivity contribution < 1.29 is 9.15 Å². The van der Waals surface area contributed by atoms with Gasteiger partial charge in [0.2, 0.25) is 6.23 Å². The highest BCUT2D eigenvalue weighted by molar-refractivity contribution is 9.10. The lowest BCUT2D eigenvalue weighted by molar-refractivity contribution is -0.0190. The van der Waals surface area contributed by atoms with E-state index in [1.807, 2.05) is 24.3 Å². The first kappa shape index (κ1) is 15.7. The Morgan fingerprint density at radius 3 is 2.73 bits per heavy atom. The zero-order valence-corrected chi connectivity index (χ0v) is 15.8. The van der Waals surface area contributed by atoms with E-state index >= 15 is 0 Å². The molecule has 4 nitrogen and oxygen atoms in total. The minimum absolute atomic E-state index is 0.127. The first-order valence-electron chi connectivity index (χ1n) is 8.61. The van der Waals surface area contributed by atoms with Crippen LogP contribution in [0.1, 0.15) is 41.1 Å². The van der Waals surface area contributed by atoms with E-state index in [-0.39, 0.29) is 12.3 Å². The van der Waals surface area contributed by atoms with Crippen molar-refractivity contribution in [2.75, 3.05) is 0 Å². The molecule has 0 saturated carbocycles. The molecule has 0 aliphatic carbocycles. The SMILES string of the molecule is Cc1ccc([C@H]2Oc3ccc(Br)cc3[C@@H]3CC(c4ccco4)=NN23)cc1. The van der Waals surface area contributed by atoms with E-state index in [4.69, 9.17) is 14.3 Å². The van der Waals surface area contributed by atoms with Crippen molar-refractivity contribution >= 4 is 21.6 Å². The number of furan rings is 1. The summed E-state index contributed by atoms with van der Waals surface area (Å²) in [6.45, 7) is 2.09. The monoisotopic (exact) mass is 408 g/mol. The van der Waals surface area contributed by atoms with Gasteiger partial charge in [-0.3, -0.25) is 0 Å². The van der Waals surface area contributed by atoms with Crippen LogP contribution in [0, 0.1) is 6.92 Å². The van der Waals surface area contributed by atoms with E-state index in [2.05, 4.69) is 58.2 Å². The molecule has 2 aliphatic heterocycles. The topological polar surface area (TPSA) is 38.0 Å². The Bertz CT molecular complexity index is 980.